The molecule has 0 saturated carbocycles. The number of hydrogen-bond donors (Lipinski definition) is 1. The largest absolute Gasteiger partial charge is 0.487 e. The molecule has 2 rings (SSSR count). The minimum atomic E-state index is -3.92. The Morgan fingerprint density at radius 2 is 2.06 bits per heavy atom. The number of ether oxygens (including phenoxy) is 2. The fraction of sp³-hybridized carbons (Fsp3) is 0.609. The Kier molecular flexibility index (Phi) is 9.70. The molecular weight excluding hydrogens is 446 g/mol. The summed E-state index contributed by atoms with van der Waals surface area (Å²) in [4.78, 5) is 15.9. The number of carbonyl (C=O) groups excluding carboxylic acids is 1. The van der Waals surface area contributed by atoms with Crippen molar-refractivity contribution in [1.29, 1.82) is 0 Å². The molecule has 0 aliphatic carbocycles. The van der Waals surface area contributed by atoms with E-state index in [-0.39, 0.29) is 55.3 Å². The lowest BCUT2D eigenvalue weighted by Crippen LogP contribution is -2.50. The Morgan fingerprint density at radius 1 is 1.36 bits per heavy atom. The van der Waals surface area contributed by atoms with Crippen LogP contribution in [0.25, 0.3) is 0 Å². The lowest BCUT2D eigenvalue weighted by atomic mass is 10.0. The van der Waals surface area contributed by atoms with Crippen LogP contribution in [-0.2, 0) is 19.6 Å². The predicted molar refractivity (Wildman–Crippen MR) is 125 cm³/mol. The van der Waals surface area contributed by atoms with Crippen molar-refractivity contribution in [2.45, 2.75) is 30.9 Å². The molecule has 0 spiro atoms. The van der Waals surface area contributed by atoms with Crippen LogP contribution in [0.5, 0.6) is 5.75 Å². The SMILES string of the molecule is COCC#Cc1ccc2c(c1)O[C@@H](CN(C)C(=O)CN(C)C)[C@H](C)CN([C@H](C)CO)S2(=O)=O. The van der Waals surface area contributed by atoms with Crippen molar-refractivity contribution in [3.8, 4) is 17.6 Å². The van der Waals surface area contributed by atoms with Gasteiger partial charge in [0.2, 0.25) is 15.9 Å². The molecule has 1 aliphatic rings. The van der Waals surface area contributed by atoms with Gasteiger partial charge in [-0.1, -0.05) is 18.8 Å². The second-order valence-electron chi connectivity index (χ2n) is 8.65. The summed E-state index contributed by atoms with van der Waals surface area (Å²) in [6, 6.07) is 4.09. The third kappa shape index (κ3) is 6.91. The molecule has 184 valence electrons. The van der Waals surface area contributed by atoms with E-state index in [0.717, 1.165) is 0 Å². The van der Waals surface area contributed by atoms with Gasteiger partial charge in [-0.15, -0.1) is 0 Å². The standard InChI is InChI=1S/C23H35N3O6S/c1-17-13-26(18(2)16-27)33(29,30)22-10-9-19(8-7-11-31-6)12-20(22)32-21(17)14-25(5)23(28)15-24(3)4/h9-10,12,17-18,21,27H,11,13-16H2,1-6H3/t17-,18-,21+/m1/s1. The lowest BCUT2D eigenvalue weighted by Gasteiger charge is -2.37. The van der Waals surface area contributed by atoms with Crippen LogP contribution in [0.2, 0.25) is 0 Å². The van der Waals surface area contributed by atoms with Gasteiger partial charge in [-0.05, 0) is 39.2 Å². The first kappa shape index (κ1) is 27.1. The number of rotatable bonds is 7. The molecule has 3 atom stereocenters. The van der Waals surface area contributed by atoms with Crippen LogP contribution in [0.15, 0.2) is 23.1 Å². The summed E-state index contributed by atoms with van der Waals surface area (Å²) in [7, 11) is 2.97. The number of nitrogens with zero attached hydrogens (tertiary/aromatic N) is 3. The predicted octanol–water partition coefficient (Wildman–Crippen LogP) is 0.473. The quantitative estimate of drug-likeness (QED) is 0.565. The molecule has 0 bridgehead atoms. The summed E-state index contributed by atoms with van der Waals surface area (Å²) >= 11 is 0. The highest BCUT2D eigenvalue weighted by atomic mass is 32.2. The van der Waals surface area contributed by atoms with Crippen molar-refractivity contribution >= 4 is 15.9 Å². The number of sulfonamides is 1. The number of amides is 1. The van der Waals surface area contributed by atoms with Gasteiger partial charge in [0.15, 0.2) is 0 Å². The topological polar surface area (TPSA) is 99.6 Å². The monoisotopic (exact) mass is 481 g/mol. The molecule has 10 heteroatoms. The van der Waals surface area contributed by atoms with E-state index in [2.05, 4.69) is 11.8 Å². The number of benzene rings is 1. The Morgan fingerprint density at radius 3 is 2.67 bits per heavy atom. The van der Waals surface area contributed by atoms with Gasteiger partial charge in [0.05, 0.1) is 19.7 Å². The molecule has 1 aromatic rings. The maximum absolute atomic E-state index is 13.5. The highest BCUT2D eigenvalue weighted by molar-refractivity contribution is 7.89. The summed E-state index contributed by atoms with van der Waals surface area (Å²) in [5, 5.41) is 9.72. The van der Waals surface area contributed by atoms with Gasteiger partial charge in [0, 0.05) is 38.2 Å². The van der Waals surface area contributed by atoms with E-state index in [9.17, 15) is 18.3 Å². The summed E-state index contributed by atoms with van der Waals surface area (Å²) in [6.07, 6.45) is -0.467. The van der Waals surface area contributed by atoms with E-state index in [1.165, 1.54) is 10.4 Å². The van der Waals surface area contributed by atoms with Crippen LogP contribution in [0.3, 0.4) is 0 Å². The summed E-state index contributed by atoms with van der Waals surface area (Å²) < 4.78 is 39.4. The van der Waals surface area contributed by atoms with Crippen LogP contribution >= 0.6 is 0 Å². The van der Waals surface area contributed by atoms with Crippen molar-refractivity contribution in [3.63, 3.8) is 0 Å². The first-order valence-electron chi connectivity index (χ1n) is 10.8. The van der Waals surface area contributed by atoms with Gasteiger partial charge in [0.1, 0.15) is 23.4 Å². The Hall–Kier alpha value is -2.16. The Bertz CT molecular complexity index is 986. The average Bonchev–Trinajstić information content (AvgIpc) is 2.75. The summed E-state index contributed by atoms with van der Waals surface area (Å²) in [5.74, 6) is 5.65. The second-order valence-corrected chi connectivity index (χ2v) is 10.5. The number of methoxy groups -OCH3 is 1. The maximum Gasteiger partial charge on any atom is 0.247 e. The van der Waals surface area contributed by atoms with Crippen LogP contribution in [0.1, 0.15) is 19.4 Å². The number of carbonyl (C=O) groups is 1. The van der Waals surface area contributed by atoms with E-state index in [4.69, 9.17) is 9.47 Å². The van der Waals surface area contributed by atoms with Crippen LogP contribution in [0.4, 0.5) is 0 Å². The highest BCUT2D eigenvalue weighted by Crippen LogP contribution is 2.34. The fourth-order valence-corrected chi connectivity index (χ4v) is 5.32. The molecule has 33 heavy (non-hydrogen) atoms. The van der Waals surface area contributed by atoms with Gasteiger partial charge in [-0.25, -0.2) is 8.42 Å². The van der Waals surface area contributed by atoms with Crippen molar-refractivity contribution in [2.75, 3.05) is 61.1 Å². The Balaban J connectivity index is 2.50. The average molecular weight is 482 g/mol. The van der Waals surface area contributed by atoms with E-state index in [0.29, 0.717) is 5.56 Å². The smallest absolute Gasteiger partial charge is 0.247 e. The van der Waals surface area contributed by atoms with Gasteiger partial charge < -0.3 is 24.4 Å². The van der Waals surface area contributed by atoms with Crippen LogP contribution in [0, 0.1) is 17.8 Å². The third-order valence-electron chi connectivity index (χ3n) is 5.45. The first-order valence-corrected chi connectivity index (χ1v) is 12.2. The minimum Gasteiger partial charge on any atom is -0.487 e. The van der Waals surface area contributed by atoms with E-state index in [1.54, 1.807) is 43.0 Å². The molecule has 0 saturated heterocycles. The van der Waals surface area contributed by atoms with Gasteiger partial charge >= 0.3 is 0 Å². The molecule has 9 nitrogen and oxygen atoms in total. The molecular formula is C23H35N3O6S. The van der Waals surface area contributed by atoms with Crippen molar-refractivity contribution in [1.82, 2.24) is 14.1 Å². The number of fused-ring (bicyclic) bond motifs is 1. The van der Waals surface area contributed by atoms with Crippen molar-refractivity contribution in [3.05, 3.63) is 23.8 Å². The number of aliphatic hydroxyl groups excluding tert-OH is 1. The fourth-order valence-electron chi connectivity index (χ4n) is 3.49. The number of likely N-dealkylation sites (N-methyl/N-ethyl adjacent to an activating group) is 2. The maximum atomic E-state index is 13.5. The number of aliphatic hydroxyl groups is 1. The van der Waals surface area contributed by atoms with Crippen LogP contribution < -0.4 is 4.74 Å². The lowest BCUT2D eigenvalue weighted by molar-refractivity contribution is -0.132. The summed E-state index contributed by atoms with van der Waals surface area (Å²) in [5.41, 5.74) is 0.590. The number of hydrogen-bond acceptors (Lipinski definition) is 7. The minimum absolute atomic E-state index is 0.0132. The zero-order chi connectivity index (χ0) is 24.8. The molecule has 0 aromatic heterocycles. The van der Waals surface area contributed by atoms with Crippen molar-refractivity contribution in [2.24, 2.45) is 5.92 Å². The van der Waals surface area contributed by atoms with Gasteiger partial charge in [-0.3, -0.25) is 4.79 Å². The van der Waals surface area contributed by atoms with Crippen molar-refractivity contribution < 1.29 is 27.8 Å². The molecule has 0 fully saturated rings. The molecule has 1 N–H and O–H groups in total. The van der Waals surface area contributed by atoms with Crippen LogP contribution in [-0.4, -0.2) is 107 Å². The van der Waals surface area contributed by atoms with E-state index in [1.807, 2.05) is 21.0 Å². The first-order chi connectivity index (χ1) is 15.5. The zero-order valence-corrected chi connectivity index (χ0v) is 21.1. The molecule has 1 aliphatic heterocycles. The molecule has 0 unspecified atom stereocenters. The molecule has 0 radical (unpaired) electrons. The third-order valence-corrected chi connectivity index (χ3v) is 7.47. The van der Waals surface area contributed by atoms with Gasteiger partial charge in [-0.2, -0.15) is 4.31 Å². The van der Waals surface area contributed by atoms with E-state index < -0.39 is 22.2 Å². The summed E-state index contributed by atoms with van der Waals surface area (Å²) in [6.45, 7) is 4.18. The molecule has 1 aromatic carbocycles. The Labute approximate surface area is 197 Å². The zero-order valence-electron chi connectivity index (χ0n) is 20.2. The second kappa shape index (κ2) is 11.8. The van der Waals surface area contributed by atoms with E-state index >= 15 is 0 Å². The molecule has 1 amide bonds. The normalized spacial score (nSPS) is 21.1. The highest BCUT2D eigenvalue weighted by Gasteiger charge is 2.38. The van der Waals surface area contributed by atoms with Gasteiger partial charge in [0.25, 0.3) is 0 Å². The molecule has 1 heterocycles.